The quantitative estimate of drug-likeness (QED) is 0.532. The number of ether oxygens (including phenoxy) is 1. The maximum Gasteiger partial charge on any atom is 0.142 e. The van der Waals surface area contributed by atoms with Crippen LogP contribution in [0.3, 0.4) is 0 Å². The molecular formula is C21H30N2O. The number of aryl methyl sites for hydroxylation is 3. The van der Waals surface area contributed by atoms with Crippen LogP contribution in [0.15, 0.2) is 36.4 Å². The standard InChI is InChI=1S/C21H30N2O/c1-15(2)14-24-21-10-8-18(13-19(21)22)6-5-11-23-20-9-7-16(3)12-17(20)4/h7-10,12-13,15,23H,5-6,11,14,22H2,1-4H3. The van der Waals surface area contributed by atoms with Gasteiger partial charge in [-0.3, -0.25) is 0 Å². The molecule has 2 aromatic carbocycles. The Morgan fingerprint density at radius 1 is 1.08 bits per heavy atom. The van der Waals surface area contributed by atoms with Crippen molar-refractivity contribution in [1.82, 2.24) is 0 Å². The molecule has 2 rings (SSSR count). The van der Waals surface area contributed by atoms with Crippen molar-refractivity contribution in [3.63, 3.8) is 0 Å². The number of nitrogen functional groups attached to an aromatic ring is 1. The molecule has 3 nitrogen and oxygen atoms in total. The number of benzene rings is 2. The van der Waals surface area contributed by atoms with Crippen molar-refractivity contribution in [2.24, 2.45) is 5.92 Å². The number of nitrogens with one attached hydrogen (secondary N) is 1. The molecule has 0 atom stereocenters. The molecular weight excluding hydrogens is 296 g/mol. The molecule has 0 aliphatic rings. The van der Waals surface area contributed by atoms with Gasteiger partial charge in [0.25, 0.3) is 0 Å². The van der Waals surface area contributed by atoms with E-state index in [2.05, 4.69) is 57.3 Å². The van der Waals surface area contributed by atoms with Crippen molar-refractivity contribution in [1.29, 1.82) is 0 Å². The molecule has 3 N–H and O–H groups in total. The van der Waals surface area contributed by atoms with E-state index in [0.717, 1.165) is 30.8 Å². The van der Waals surface area contributed by atoms with E-state index in [-0.39, 0.29) is 0 Å². The Morgan fingerprint density at radius 2 is 1.88 bits per heavy atom. The van der Waals surface area contributed by atoms with Crippen LogP contribution in [0.25, 0.3) is 0 Å². The summed E-state index contributed by atoms with van der Waals surface area (Å²) in [5.74, 6) is 1.29. The van der Waals surface area contributed by atoms with Gasteiger partial charge < -0.3 is 15.8 Å². The third-order valence-corrected chi connectivity index (χ3v) is 3.99. The summed E-state index contributed by atoms with van der Waals surface area (Å²) in [5, 5.41) is 3.51. The number of hydrogen-bond donors (Lipinski definition) is 2. The van der Waals surface area contributed by atoms with Gasteiger partial charge in [0, 0.05) is 12.2 Å². The molecule has 0 spiro atoms. The summed E-state index contributed by atoms with van der Waals surface area (Å²) in [7, 11) is 0. The lowest BCUT2D eigenvalue weighted by atomic mass is 10.1. The fraction of sp³-hybridized carbons (Fsp3) is 0.429. The van der Waals surface area contributed by atoms with Gasteiger partial charge in [0.1, 0.15) is 5.75 Å². The Kier molecular flexibility index (Phi) is 6.53. The minimum absolute atomic E-state index is 0.500. The van der Waals surface area contributed by atoms with Crippen LogP contribution in [0.1, 0.15) is 37.0 Å². The zero-order valence-electron chi connectivity index (χ0n) is 15.4. The van der Waals surface area contributed by atoms with Crippen molar-refractivity contribution in [2.75, 3.05) is 24.2 Å². The first-order chi connectivity index (χ1) is 11.5. The molecule has 0 radical (unpaired) electrons. The zero-order chi connectivity index (χ0) is 17.5. The molecule has 0 saturated heterocycles. The van der Waals surface area contributed by atoms with Crippen molar-refractivity contribution in [3.8, 4) is 5.75 Å². The second-order valence-corrected chi connectivity index (χ2v) is 6.93. The van der Waals surface area contributed by atoms with Crippen LogP contribution in [0, 0.1) is 19.8 Å². The summed E-state index contributed by atoms with van der Waals surface area (Å²) in [5.41, 5.74) is 11.9. The van der Waals surface area contributed by atoms with E-state index in [1.54, 1.807) is 0 Å². The fourth-order valence-electron chi connectivity index (χ4n) is 2.67. The number of hydrogen-bond acceptors (Lipinski definition) is 3. The predicted molar refractivity (Wildman–Crippen MR) is 104 cm³/mol. The second-order valence-electron chi connectivity index (χ2n) is 6.93. The summed E-state index contributed by atoms with van der Waals surface area (Å²) >= 11 is 0. The van der Waals surface area contributed by atoms with Crippen LogP contribution in [0.5, 0.6) is 5.75 Å². The molecule has 3 heteroatoms. The van der Waals surface area contributed by atoms with E-state index in [4.69, 9.17) is 10.5 Å². The monoisotopic (exact) mass is 326 g/mol. The van der Waals surface area contributed by atoms with Crippen LogP contribution in [-0.4, -0.2) is 13.2 Å². The SMILES string of the molecule is Cc1ccc(NCCCc2ccc(OCC(C)C)c(N)c2)c(C)c1. The number of nitrogens with two attached hydrogens (primary N) is 1. The number of rotatable bonds is 8. The molecule has 24 heavy (non-hydrogen) atoms. The summed E-state index contributed by atoms with van der Waals surface area (Å²) in [6, 6.07) is 12.6. The smallest absolute Gasteiger partial charge is 0.142 e. The Balaban J connectivity index is 1.81. The highest BCUT2D eigenvalue weighted by atomic mass is 16.5. The molecule has 0 aliphatic heterocycles. The average Bonchev–Trinajstić information content (AvgIpc) is 2.52. The lowest BCUT2D eigenvalue weighted by Crippen LogP contribution is -2.07. The van der Waals surface area contributed by atoms with E-state index in [0.29, 0.717) is 12.5 Å². The minimum atomic E-state index is 0.500. The number of anilines is 2. The molecule has 0 bridgehead atoms. The van der Waals surface area contributed by atoms with E-state index in [1.807, 2.05) is 12.1 Å². The third-order valence-electron chi connectivity index (χ3n) is 3.99. The summed E-state index contributed by atoms with van der Waals surface area (Å²) < 4.78 is 5.72. The van der Waals surface area contributed by atoms with E-state index < -0.39 is 0 Å². The highest BCUT2D eigenvalue weighted by Gasteiger charge is 2.04. The Labute approximate surface area is 146 Å². The lowest BCUT2D eigenvalue weighted by Gasteiger charge is -2.13. The van der Waals surface area contributed by atoms with Crippen molar-refractivity contribution in [3.05, 3.63) is 53.1 Å². The van der Waals surface area contributed by atoms with Gasteiger partial charge in [-0.25, -0.2) is 0 Å². The predicted octanol–water partition coefficient (Wildman–Crippen LogP) is 4.97. The van der Waals surface area contributed by atoms with Crippen LogP contribution < -0.4 is 15.8 Å². The first kappa shape index (κ1) is 18.2. The van der Waals surface area contributed by atoms with Crippen LogP contribution in [0.2, 0.25) is 0 Å². The van der Waals surface area contributed by atoms with Crippen LogP contribution in [-0.2, 0) is 6.42 Å². The zero-order valence-corrected chi connectivity index (χ0v) is 15.4. The maximum absolute atomic E-state index is 6.10. The van der Waals surface area contributed by atoms with Crippen molar-refractivity contribution in [2.45, 2.75) is 40.5 Å². The summed E-state index contributed by atoms with van der Waals surface area (Å²) in [6.45, 7) is 10.2. The molecule has 0 fully saturated rings. The average molecular weight is 326 g/mol. The van der Waals surface area contributed by atoms with E-state index >= 15 is 0 Å². The Morgan fingerprint density at radius 3 is 2.54 bits per heavy atom. The van der Waals surface area contributed by atoms with Crippen molar-refractivity contribution < 1.29 is 4.74 Å². The molecule has 0 amide bonds. The topological polar surface area (TPSA) is 47.3 Å². The van der Waals surface area contributed by atoms with Gasteiger partial charge in [0.05, 0.1) is 12.3 Å². The molecule has 0 aliphatic carbocycles. The van der Waals surface area contributed by atoms with Gasteiger partial charge in [-0.2, -0.15) is 0 Å². The van der Waals surface area contributed by atoms with Crippen LogP contribution in [0.4, 0.5) is 11.4 Å². The Hall–Kier alpha value is -2.16. The molecule has 0 unspecified atom stereocenters. The van der Waals surface area contributed by atoms with Gasteiger partial charge in [0.2, 0.25) is 0 Å². The largest absolute Gasteiger partial charge is 0.491 e. The minimum Gasteiger partial charge on any atom is -0.491 e. The maximum atomic E-state index is 6.10. The van der Waals surface area contributed by atoms with Gasteiger partial charge in [-0.15, -0.1) is 0 Å². The molecule has 0 saturated carbocycles. The van der Waals surface area contributed by atoms with Gasteiger partial charge in [-0.05, 0) is 61.9 Å². The summed E-state index contributed by atoms with van der Waals surface area (Å²) in [4.78, 5) is 0. The van der Waals surface area contributed by atoms with Gasteiger partial charge in [-0.1, -0.05) is 37.6 Å². The first-order valence-electron chi connectivity index (χ1n) is 8.78. The molecule has 130 valence electrons. The lowest BCUT2D eigenvalue weighted by molar-refractivity contribution is 0.272. The second kappa shape index (κ2) is 8.62. The molecule has 2 aromatic rings. The third kappa shape index (κ3) is 5.48. The highest BCUT2D eigenvalue weighted by Crippen LogP contribution is 2.24. The first-order valence-corrected chi connectivity index (χ1v) is 8.78. The summed E-state index contributed by atoms with van der Waals surface area (Å²) in [6.07, 6.45) is 2.07. The molecule has 0 aromatic heterocycles. The fourth-order valence-corrected chi connectivity index (χ4v) is 2.67. The van der Waals surface area contributed by atoms with Gasteiger partial charge >= 0.3 is 0 Å². The van der Waals surface area contributed by atoms with Gasteiger partial charge in [0.15, 0.2) is 0 Å². The van der Waals surface area contributed by atoms with E-state index in [1.165, 1.54) is 22.4 Å². The highest BCUT2D eigenvalue weighted by molar-refractivity contribution is 5.54. The molecule has 0 heterocycles. The van der Waals surface area contributed by atoms with Crippen LogP contribution >= 0.6 is 0 Å². The Bertz CT molecular complexity index is 665. The normalized spacial score (nSPS) is 10.9. The van der Waals surface area contributed by atoms with E-state index in [9.17, 15) is 0 Å². The van der Waals surface area contributed by atoms with Crippen molar-refractivity contribution >= 4 is 11.4 Å².